The van der Waals surface area contributed by atoms with Crippen LogP contribution >= 0.6 is 0 Å². The number of carbonyl (C=O) groups is 1. The lowest BCUT2D eigenvalue weighted by atomic mass is 10.1. The van der Waals surface area contributed by atoms with Crippen LogP contribution in [0.5, 0.6) is 11.5 Å². The monoisotopic (exact) mass is 251 g/mol. The van der Waals surface area contributed by atoms with Gasteiger partial charge >= 0.3 is 0 Å². The number of nitrogens with zero attached hydrogens (tertiary/aromatic N) is 1. The van der Waals surface area contributed by atoms with Crippen molar-refractivity contribution in [3.05, 3.63) is 23.8 Å². The molecule has 5 heteroatoms. The van der Waals surface area contributed by atoms with Gasteiger partial charge in [-0.15, -0.1) is 0 Å². The van der Waals surface area contributed by atoms with Crippen LogP contribution in [0, 0.1) is 0 Å². The fourth-order valence-electron chi connectivity index (χ4n) is 2.21. The molecule has 0 bridgehead atoms. The zero-order valence-electron chi connectivity index (χ0n) is 10.5. The van der Waals surface area contributed by atoms with E-state index in [-0.39, 0.29) is 35.2 Å². The van der Waals surface area contributed by atoms with Crippen molar-refractivity contribution in [1.82, 2.24) is 4.90 Å². The molecule has 0 aromatic heterocycles. The van der Waals surface area contributed by atoms with Gasteiger partial charge in [0.25, 0.3) is 5.91 Å². The van der Waals surface area contributed by atoms with E-state index >= 15 is 0 Å². The number of amides is 1. The van der Waals surface area contributed by atoms with Crippen LogP contribution in [0.15, 0.2) is 18.2 Å². The Morgan fingerprint density at radius 1 is 1.28 bits per heavy atom. The first kappa shape index (κ1) is 12.7. The highest BCUT2D eigenvalue weighted by molar-refractivity contribution is 5.97. The van der Waals surface area contributed by atoms with E-state index in [2.05, 4.69) is 0 Å². The lowest BCUT2D eigenvalue weighted by Crippen LogP contribution is -2.48. The summed E-state index contributed by atoms with van der Waals surface area (Å²) < 4.78 is 5.56. The Labute approximate surface area is 106 Å². The van der Waals surface area contributed by atoms with Crippen LogP contribution in [0.2, 0.25) is 0 Å². The van der Waals surface area contributed by atoms with E-state index in [0.29, 0.717) is 13.1 Å². The molecule has 0 unspecified atom stereocenters. The molecule has 1 aliphatic rings. The SMILES string of the molecule is C[C@@H]1CN(C(=O)c2ccc(O)cc2O)C[C@H](C)O1. The molecule has 0 saturated carbocycles. The summed E-state index contributed by atoms with van der Waals surface area (Å²) in [7, 11) is 0. The van der Waals surface area contributed by atoms with Gasteiger partial charge in [-0.1, -0.05) is 0 Å². The number of benzene rings is 1. The number of hydrogen-bond donors (Lipinski definition) is 2. The minimum atomic E-state index is -0.241. The van der Waals surface area contributed by atoms with E-state index in [1.54, 1.807) is 4.90 Å². The van der Waals surface area contributed by atoms with E-state index < -0.39 is 0 Å². The number of aromatic hydroxyl groups is 2. The molecule has 1 saturated heterocycles. The Morgan fingerprint density at radius 3 is 2.44 bits per heavy atom. The Kier molecular flexibility index (Phi) is 3.43. The van der Waals surface area contributed by atoms with Gasteiger partial charge in [-0.2, -0.15) is 0 Å². The molecule has 0 spiro atoms. The maximum atomic E-state index is 12.3. The van der Waals surface area contributed by atoms with Crippen LogP contribution in [0.3, 0.4) is 0 Å². The van der Waals surface area contributed by atoms with Gasteiger partial charge in [0.2, 0.25) is 0 Å². The molecule has 0 radical (unpaired) electrons. The largest absolute Gasteiger partial charge is 0.508 e. The molecule has 1 fully saturated rings. The summed E-state index contributed by atoms with van der Waals surface area (Å²) in [5, 5.41) is 18.9. The van der Waals surface area contributed by atoms with Crippen LogP contribution in [0.4, 0.5) is 0 Å². The van der Waals surface area contributed by atoms with Crippen LogP contribution in [-0.2, 0) is 4.74 Å². The van der Waals surface area contributed by atoms with E-state index in [9.17, 15) is 15.0 Å². The molecule has 98 valence electrons. The maximum absolute atomic E-state index is 12.3. The number of rotatable bonds is 1. The Morgan fingerprint density at radius 2 is 1.89 bits per heavy atom. The summed E-state index contributed by atoms with van der Waals surface area (Å²) in [6.07, 6.45) is -0.0334. The second kappa shape index (κ2) is 4.86. The summed E-state index contributed by atoms with van der Waals surface area (Å²) >= 11 is 0. The second-order valence-electron chi connectivity index (χ2n) is 4.67. The van der Waals surface area contributed by atoms with Gasteiger partial charge in [0.05, 0.1) is 17.8 Å². The Hall–Kier alpha value is -1.75. The average Bonchev–Trinajstić information content (AvgIpc) is 2.26. The van der Waals surface area contributed by atoms with E-state index in [0.717, 1.165) is 0 Å². The normalized spacial score (nSPS) is 24.0. The summed E-state index contributed by atoms with van der Waals surface area (Å²) in [5.41, 5.74) is 0.203. The molecule has 0 aliphatic carbocycles. The van der Waals surface area contributed by atoms with Gasteiger partial charge in [-0.05, 0) is 26.0 Å². The van der Waals surface area contributed by atoms with Crippen LogP contribution in [0.1, 0.15) is 24.2 Å². The molecule has 1 aromatic rings. The second-order valence-corrected chi connectivity index (χ2v) is 4.67. The van der Waals surface area contributed by atoms with Crippen molar-refractivity contribution < 1.29 is 19.7 Å². The molecule has 18 heavy (non-hydrogen) atoms. The summed E-state index contributed by atoms with van der Waals surface area (Å²) in [4.78, 5) is 13.9. The van der Waals surface area contributed by atoms with Crippen molar-refractivity contribution in [3.63, 3.8) is 0 Å². The quantitative estimate of drug-likeness (QED) is 0.790. The first-order valence-electron chi connectivity index (χ1n) is 5.94. The zero-order chi connectivity index (χ0) is 13.3. The summed E-state index contributed by atoms with van der Waals surface area (Å²) in [5.74, 6) is -0.505. The number of hydrogen-bond acceptors (Lipinski definition) is 4. The van der Waals surface area contributed by atoms with Crippen LogP contribution in [-0.4, -0.2) is 46.3 Å². The summed E-state index contributed by atoms with van der Waals surface area (Å²) in [6, 6.07) is 3.98. The fourth-order valence-corrected chi connectivity index (χ4v) is 2.21. The molecule has 2 rings (SSSR count). The molecule has 1 heterocycles. The molecule has 1 aliphatic heterocycles. The molecule has 2 N–H and O–H groups in total. The van der Waals surface area contributed by atoms with Crippen molar-refractivity contribution in [2.24, 2.45) is 0 Å². The number of morpholine rings is 1. The van der Waals surface area contributed by atoms with Gasteiger partial charge < -0.3 is 19.8 Å². The maximum Gasteiger partial charge on any atom is 0.257 e. The minimum absolute atomic E-state index is 0.0167. The highest BCUT2D eigenvalue weighted by Gasteiger charge is 2.27. The standard InChI is InChI=1S/C13H17NO4/c1-8-6-14(7-9(2)18-8)13(17)11-4-3-10(15)5-12(11)16/h3-5,8-9,15-16H,6-7H2,1-2H3/t8-,9+. The number of carbonyl (C=O) groups excluding carboxylic acids is 1. The summed E-state index contributed by atoms with van der Waals surface area (Å²) in [6.45, 7) is 4.83. The zero-order valence-corrected chi connectivity index (χ0v) is 10.5. The van der Waals surface area contributed by atoms with Crippen molar-refractivity contribution in [2.75, 3.05) is 13.1 Å². The lowest BCUT2D eigenvalue weighted by Gasteiger charge is -2.35. The third-order valence-electron chi connectivity index (χ3n) is 2.92. The van der Waals surface area contributed by atoms with E-state index in [1.807, 2.05) is 13.8 Å². The lowest BCUT2D eigenvalue weighted by molar-refractivity contribution is -0.0586. The molecule has 1 amide bonds. The van der Waals surface area contributed by atoms with Gasteiger partial charge in [0.1, 0.15) is 11.5 Å². The van der Waals surface area contributed by atoms with Gasteiger partial charge in [-0.3, -0.25) is 4.79 Å². The third kappa shape index (κ3) is 2.56. The highest BCUT2D eigenvalue weighted by Crippen LogP contribution is 2.25. The first-order chi connectivity index (χ1) is 8.47. The van der Waals surface area contributed by atoms with Crippen LogP contribution in [0.25, 0.3) is 0 Å². The van der Waals surface area contributed by atoms with Crippen LogP contribution < -0.4 is 0 Å². The number of ether oxygens (including phenoxy) is 1. The average molecular weight is 251 g/mol. The Bertz CT molecular complexity index is 450. The third-order valence-corrected chi connectivity index (χ3v) is 2.92. The van der Waals surface area contributed by atoms with Crippen molar-refractivity contribution >= 4 is 5.91 Å². The molecule has 1 aromatic carbocycles. The minimum Gasteiger partial charge on any atom is -0.508 e. The number of phenolic OH excluding ortho intramolecular Hbond substituents is 2. The van der Waals surface area contributed by atoms with Gasteiger partial charge in [0.15, 0.2) is 0 Å². The molecule has 2 atom stereocenters. The van der Waals surface area contributed by atoms with Crippen molar-refractivity contribution in [3.8, 4) is 11.5 Å². The molecule has 5 nitrogen and oxygen atoms in total. The van der Waals surface area contributed by atoms with Crippen molar-refractivity contribution in [2.45, 2.75) is 26.1 Å². The van der Waals surface area contributed by atoms with E-state index in [1.165, 1.54) is 18.2 Å². The Balaban J connectivity index is 2.20. The smallest absolute Gasteiger partial charge is 0.257 e. The predicted octanol–water partition coefficient (Wildman–Crippen LogP) is 1.35. The van der Waals surface area contributed by atoms with Gasteiger partial charge in [-0.25, -0.2) is 0 Å². The predicted molar refractivity (Wildman–Crippen MR) is 65.7 cm³/mol. The highest BCUT2D eigenvalue weighted by atomic mass is 16.5. The molecular weight excluding hydrogens is 234 g/mol. The van der Waals surface area contributed by atoms with E-state index in [4.69, 9.17) is 4.74 Å². The van der Waals surface area contributed by atoms with Crippen molar-refractivity contribution in [1.29, 1.82) is 0 Å². The first-order valence-corrected chi connectivity index (χ1v) is 5.94. The topological polar surface area (TPSA) is 70.0 Å². The number of phenols is 2. The fraction of sp³-hybridized carbons (Fsp3) is 0.462. The van der Waals surface area contributed by atoms with Gasteiger partial charge in [0, 0.05) is 19.2 Å². The molecular formula is C13H17NO4.